The average molecular weight is 624 g/mol. The van der Waals surface area contributed by atoms with Gasteiger partial charge in [-0.05, 0) is 99.4 Å². The normalized spacial score (nSPS) is 15.0. The lowest BCUT2D eigenvalue weighted by molar-refractivity contribution is 0.313. The molecule has 4 aromatic carbocycles. The second-order valence-electron chi connectivity index (χ2n) is 12.0. The maximum atomic E-state index is 6.12. The van der Waals surface area contributed by atoms with Crippen LogP contribution in [-0.4, -0.2) is 84.7 Å². The lowest BCUT2D eigenvalue weighted by Gasteiger charge is -2.34. The number of likely N-dealkylation sites (N-methyl/N-ethyl adjacent to an activating group) is 2. The highest BCUT2D eigenvalue weighted by Gasteiger charge is 2.15. The van der Waals surface area contributed by atoms with E-state index in [4.69, 9.17) is 11.6 Å². The molecule has 2 aliphatic heterocycles. The smallest absolute Gasteiger partial charge is 0.0455 e. The minimum atomic E-state index is 0. The standard InChI is InChI=1S/C13H20N2.C13H12.C12H17ClN2.CH4.B/c1-11-4-5-13(10-12(11)2)15-8-6-14(3)7-9-15;1-11-7-5-6-10-13(11)12-8-3-2-4-9-12;1-10-3-4-11(9-12(10)13)15-7-5-14(2)6-8-15;;/h4-5,10H,6-9H2,1-3H3;2-10H,1H3;3-4,9H,5-8H2,1-2H3;1H4;. The first-order valence-corrected chi connectivity index (χ1v) is 15.9. The molecule has 4 aromatic rings. The van der Waals surface area contributed by atoms with Crippen LogP contribution in [0.15, 0.2) is 91.0 Å². The van der Waals surface area contributed by atoms with Crippen LogP contribution in [0.3, 0.4) is 0 Å². The Morgan fingerprint density at radius 2 is 0.956 bits per heavy atom. The third kappa shape index (κ3) is 11.3. The summed E-state index contributed by atoms with van der Waals surface area (Å²) in [6.45, 7) is 17.6. The van der Waals surface area contributed by atoms with E-state index in [0.29, 0.717) is 0 Å². The molecular weight excluding hydrogens is 571 g/mol. The van der Waals surface area contributed by atoms with E-state index in [1.165, 1.54) is 52.3 Å². The molecule has 0 bridgehead atoms. The number of anilines is 2. The van der Waals surface area contributed by atoms with Gasteiger partial charge in [-0.15, -0.1) is 0 Å². The predicted octanol–water partition coefficient (Wildman–Crippen LogP) is 8.37. The van der Waals surface area contributed by atoms with Crippen LogP contribution in [-0.2, 0) is 0 Å². The van der Waals surface area contributed by atoms with Crippen molar-refractivity contribution in [3.63, 3.8) is 0 Å². The first-order valence-electron chi connectivity index (χ1n) is 15.5. The third-order valence-corrected chi connectivity index (χ3v) is 9.02. The van der Waals surface area contributed by atoms with E-state index in [1.807, 2.05) is 13.0 Å². The second kappa shape index (κ2) is 18.7. The van der Waals surface area contributed by atoms with E-state index >= 15 is 0 Å². The van der Waals surface area contributed by atoms with Gasteiger partial charge in [0, 0.05) is 77.2 Å². The Morgan fingerprint density at radius 1 is 0.489 bits per heavy atom. The number of piperazine rings is 2. The van der Waals surface area contributed by atoms with Crippen LogP contribution in [0.25, 0.3) is 11.1 Å². The zero-order valence-corrected chi connectivity index (χ0v) is 28.3. The lowest BCUT2D eigenvalue weighted by Crippen LogP contribution is -2.44. The molecule has 0 spiro atoms. The summed E-state index contributed by atoms with van der Waals surface area (Å²) in [4.78, 5) is 9.61. The summed E-state index contributed by atoms with van der Waals surface area (Å²) in [5, 5.41) is 0.867. The summed E-state index contributed by atoms with van der Waals surface area (Å²) in [5.74, 6) is 0. The Labute approximate surface area is 281 Å². The summed E-state index contributed by atoms with van der Waals surface area (Å²) >= 11 is 6.12. The molecule has 0 aliphatic carbocycles. The van der Waals surface area contributed by atoms with E-state index in [0.717, 1.165) is 49.9 Å². The molecule has 3 radical (unpaired) electrons. The van der Waals surface area contributed by atoms with Gasteiger partial charge in [-0.2, -0.15) is 0 Å². The molecule has 0 aromatic heterocycles. The minimum Gasteiger partial charge on any atom is -0.369 e. The van der Waals surface area contributed by atoms with Crippen molar-refractivity contribution in [1.82, 2.24) is 9.80 Å². The zero-order valence-electron chi connectivity index (χ0n) is 27.6. The van der Waals surface area contributed by atoms with E-state index in [9.17, 15) is 0 Å². The molecule has 0 saturated carbocycles. The van der Waals surface area contributed by atoms with Crippen LogP contribution in [0.2, 0.25) is 5.02 Å². The van der Waals surface area contributed by atoms with Crippen LogP contribution in [0.5, 0.6) is 0 Å². The topological polar surface area (TPSA) is 13.0 Å². The second-order valence-corrected chi connectivity index (χ2v) is 12.4. The third-order valence-electron chi connectivity index (χ3n) is 8.61. The highest BCUT2D eigenvalue weighted by atomic mass is 35.5. The molecule has 2 heterocycles. The van der Waals surface area contributed by atoms with Gasteiger partial charge in [-0.1, -0.05) is 85.8 Å². The fourth-order valence-corrected chi connectivity index (χ4v) is 5.52. The van der Waals surface area contributed by atoms with Crippen molar-refractivity contribution in [3.05, 3.63) is 118 Å². The van der Waals surface area contributed by atoms with Gasteiger partial charge < -0.3 is 19.6 Å². The van der Waals surface area contributed by atoms with Gasteiger partial charge in [0.05, 0.1) is 0 Å². The Morgan fingerprint density at radius 3 is 1.44 bits per heavy atom. The summed E-state index contributed by atoms with van der Waals surface area (Å²) in [5.41, 5.74) is 10.5. The van der Waals surface area contributed by atoms with Crippen LogP contribution in [0.1, 0.15) is 29.7 Å². The Hall–Kier alpha value is -3.25. The average Bonchev–Trinajstić information content (AvgIpc) is 3.02. The number of hydrogen-bond donors (Lipinski definition) is 0. The number of rotatable bonds is 3. The molecule has 0 amide bonds. The summed E-state index contributed by atoms with van der Waals surface area (Å²) in [7, 11) is 4.36. The minimum absolute atomic E-state index is 0. The van der Waals surface area contributed by atoms with Crippen LogP contribution >= 0.6 is 11.6 Å². The number of hydrogen-bond acceptors (Lipinski definition) is 4. The Bertz CT molecular complexity index is 1360. The summed E-state index contributed by atoms with van der Waals surface area (Å²) < 4.78 is 0. The number of benzene rings is 4. The molecule has 239 valence electrons. The number of halogens is 1. The van der Waals surface area contributed by atoms with Gasteiger partial charge in [0.25, 0.3) is 0 Å². The highest BCUT2D eigenvalue weighted by molar-refractivity contribution is 6.31. The molecule has 6 rings (SSSR count). The maximum Gasteiger partial charge on any atom is 0.0455 e. The zero-order chi connectivity index (χ0) is 30.8. The van der Waals surface area contributed by atoms with E-state index < -0.39 is 0 Å². The van der Waals surface area contributed by atoms with E-state index in [2.05, 4.69) is 139 Å². The molecule has 0 unspecified atom stereocenters. The largest absolute Gasteiger partial charge is 0.369 e. The van der Waals surface area contributed by atoms with Gasteiger partial charge in [0.2, 0.25) is 0 Å². The Balaban J connectivity index is 0.000000231. The van der Waals surface area contributed by atoms with Gasteiger partial charge in [-0.25, -0.2) is 0 Å². The molecule has 2 aliphatic rings. The van der Waals surface area contributed by atoms with Crippen LogP contribution < -0.4 is 9.80 Å². The fraction of sp³-hybridized carbons (Fsp3) is 0.385. The van der Waals surface area contributed by atoms with E-state index in [1.54, 1.807) is 0 Å². The van der Waals surface area contributed by atoms with Crippen molar-refractivity contribution in [2.24, 2.45) is 0 Å². The molecule has 0 atom stereocenters. The van der Waals surface area contributed by atoms with Crippen LogP contribution in [0, 0.1) is 27.7 Å². The monoisotopic (exact) mass is 623 g/mol. The first-order chi connectivity index (χ1) is 20.7. The van der Waals surface area contributed by atoms with Gasteiger partial charge in [0.15, 0.2) is 0 Å². The van der Waals surface area contributed by atoms with Crippen molar-refractivity contribution < 1.29 is 0 Å². The Kier molecular flexibility index (Phi) is 15.7. The van der Waals surface area contributed by atoms with Crippen molar-refractivity contribution in [3.8, 4) is 11.1 Å². The molecule has 45 heavy (non-hydrogen) atoms. The van der Waals surface area contributed by atoms with E-state index in [-0.39, 0.29) is 15.8 Å². The van der Waals surface area contributed by atoms with Gasteiger partial charge >= 0.3 is 0 Å². The SMILES string of the molecule is C.Cc1ccc(N2CCN(C)CC2)cc1C.Cc1ccc(N2CCN(C)CC2)cc1Cl.Cc1ccccc1-c1ccccc1.[B]. The van der Waals surface area contributed by atoms with Crippen molar-refractivity contribution >= 4 is 31.4 Å². The fourth-order valence-electron chi connectivity index (χ4n) is 5.34. The van der Waals surface area contributed by atoms with Crippen molar-refractivity contribution in [1.29, 1.82) is 0 Å². The van der Waals surface area contributed by atoms with Crippen LogP contribution in [0.4, 0.5) is 11.4 Å². The summed E-state index contributed by atoms with van der Waals surface area (Å²) in [6.07, 6.45) is 0. The molecule has 2 fully saturated rings. The van der Waals surface area contributed by atoms with Crippen molar-refractivity contribution in [2.45, 2.75) is 35.1 Å². The molecule has 4 nitrogen and oxygen atoms in total. The molecular formula is C39H53BClN4. The highest BCUT2D eigenvalue weighted by Crippen LogP contribution is 2.24. The molecule has 0 N–H and O–H groups in total. The maximum absolute atomic E-state index is 6.12. The number of nitrogens with zero attached hydrogens (tertiary/aromatic N) is 4. The quantitative estimate of drug-likeness (QED) is 0.213. The first kappa shape index (κ1) is 37.9. The summed E-state index contributed by atoms with van der Waals surface area (Å²) in [6, 6.07) is 32.0. The van der Waals surface area contributed by atoms with Crippen molar-refractivity contribution in [2.75, 3.05) is 76.3 Å². The predicted molar refractivity (Wildman–Crippen MR) is 201 cm³/mol. The lowest BCUT2D eigenvalue weighted by atomic mass is 10.0. The number of aryl methyl sites for hydroxylation is 4. The van der Waals surface area contributed by atoms with Gasteiger partial charge in [-0.3, -0.25) is 0 Å². The molecule has 2 saturated heterocycles. The molecule has 6 heteroatoms. The van der Waals surface area contributed by atoms with Gasteiger partial charge in [0.1, 0.15) is 0 Å².